The van der Waals surface area contributed by atoms with Gasteiger partial charge >= 0.3 is 0 Å². The van der Waals surface area contributed by atoms with E-state index in [1.165, 1.54) is 0 Å². The SMILES string of the molecule is NC(c1ccccc1)C(NS(=O)(=O)CCc1cccc2ccccc12)c1ccccc1. The molecular weight excluding hydrogens is 404 g/mol. The fraction of sp³-hybridized carbons (Fsp3) is 0.154. The van der Waals surface area contributed by atoms with Gasteiger partial charge < -0.3 is 5.73 Å². The van der Waals surface area contributed by atoms with Gasteiger partial charge in [-0.1, -0.05) is 103 Å². The Hall–Kier alpha value is -2.99. The monoisotopic (exact) mass is 430 g/mol. The quantitative estimate of drug-likeness (QED) is 0.424. The topological polar surface area (TPSA) is 72.2 Å². The molecule has 0 bridgehead atoms. The lowest BCUT2D eigenvalue weighted by Gasteiger charge is -2.26. The predicted octanol–water partition coefficient (Wildman–Crippen LogP) is 4.74. The van der Waals surface area contributed by atoms with Crippen LogP contribution in [0.1, 0.15) is 28.8 Å². The van der Waals surface area contributed by atoms with E-state index >= 15 is 0 Å². The van der Waals surface area contributed by atoms with E-state index in [2.05, 4.69) is 4.72 Å². The third-order valence-corrected chi connectivity index (χ3v) is 6.88. The van der Waals surface area contributed by atoms with Crippen molar-refractivity contribution in [2.24, 2.45) is 5.73 Å². The number of rotatable bonds is 8. The van der Waals surface area contributed by atoms with Crippen LogP contribution < -0.4 is 10.5 Å². The fourth-order valence-corrected chi connectivity index (χ4v) is 5.16. The van der Waals surface area contributed by atoms with E-state index in [1.807, 2.05) is 103 Å². The summed E-state index contributed by atoms with van der Waals surface area (Å²) in [5, 5.41) is 2.19. The molecule has 0 saturated heterocycles. The molecule has 4 aromatic carbocycles. The van der Waals surface area contributed by atoms with Crippen molar-refractivity contribution in [3.05, 3.63) is 120 Å². The van der Waals surface area contributed by atoms with Crippen molar-refractivity contribution in [2.45, 2.75) is 18.5 Å². The molecule has 3 N–H and O–H groups in total. The molecule has 0 aliphatic rings. The highest BCUT2D eigenvalue weighted by molar-refractivity contribution is 7.89. The summed E-state index contributed by atoms with van der Waals surface area (Å²) in [4.78, 5) is 0. The second-order valence-corrected chi connectivity index (χ2v) is 9.52. The third kappa shape index (κ3) is 5.20. The predicted molar refractivity (Wildman–Crippen MR) is 127 cm³/mol. The van der Waals surface area contributed by atoms with E-state index in [0.29, 0.717) is 6.42 Å². The van der Waals surface area contributed by atoms with Gasteiger partial charge in [0.1, 0.15) is 0 Å². The van der Waals surface area contributed by atoms with Gasteiger partial charge in [0.25, 0.3) is 0 Å². The van der Waals surface area contributed by atoms with Gasteiger partial charge in [-0.05, 0) is 33.9 Å². The van der Waals surface area contributed by atoms with Crippen LogP contribution in [0.5, 0.6) is 0 Å². The van der Waals surface area contributed by atoms with Crippen molar-refractivity contribution in [2.75, 3.05) is 5.75 Å². The summed E-state index contributed by atoms with van der Waals surface area (Å²) in [7, 11) is -3.58. The zero-order valence-electron chi connectivity index (χ0n) is 17.2. The van der Waals surface area contributed by atoms with Crippen LogP contribution in [0, 0.1) is 0 Å². The van der Waals surface area contributed by atoms with E-state index in [9.17, 15) is 8.42 Å². The molecule has 0 saturated carbocycles. The number of hydrogen-bond acceptors (Lipinski definition) is 3. The highest BCUT2D eigenvalue weighted by Gasteiger charge is 2.26. The van der Waals surface area contributed by atoms with Crippen LogP contribution in [0.4, 0.5) is 0 Å². The minimum atomic E-state index is -3.58. The van der Waals surface area contributed by atoms with Crippen molar-refractivity contribution in [1.29, 1.82) is 0 Å². The Balaban J connectivity index is 1.57. The zero-order chi connectivity index (χ0) is 21.7. The first-order valence-corrected chi connectivity index (χ1v) is 12.0. The van der Waals surface area contributed by atoms with Crippen LogP contribution in [0.2, 0.25) is 0 Å². The van der Waals surface area contributed by atoms with Crippen molar-refractivity contribution in [3.8, 4) is 0 Å². The maximum Gasteiger partial charge on any atom is 0.212 e. The maximum absolute atomic E-state index is 13.1. The molecule has 0 heterocycles. The van der Waals surface area contributed by atoms with Crippen molar-refractivity contribution in [3.63, 3.8) is 0 Å². The number of benzene rings is 4. The Labute approximate surface area is 183 Å². The highest BCUT2D eigenvalue weighted by Crippen LogP contribution is 2.28. The molecule has 4 aromatic rings. The first-order valence-electron chi connectivity index (χ1n) is 10.4. The molecule has 4 rings (SSSR count). The second-order valence-electron chi connectivity index (χ2n) is 7.65. The van der Waals surface area contributed by atoms with Gasteiger partial charge in [0.05, 0.1) is 17.8 Å². The average molecular weight is 431 g/mol. The Morgan fingerprint density at radius 1 is 0.710 bits per heavy atom. The molecule has 0 aromatic heterocycles. The van der Waals surface area contributed by atoms with Crippen LogP contribution in [0.3, 0.4) is 0 Å². The van der Waals surface area contributed by atoms with Gasteiger partial charge in [-0.3, -0.25) is 0 Å². The van der Waals surface area contributed by atoms with Gasteiger partial charge in [0, 0.05) is 0 Å². The summed E-state index contributed by atoms with van der Waals surface area (Å²) < 4.78 is 29.1. The van der Waals surface area contributed by atoms with Crippen LogP contribution in [0.25, 0.3) is 10.8 Å². The number of nitrogens with two attached hydrogens (primary N) is 1. The lowest BCUT2D eigenvalue weighted by atomic mass is 9.95. The minimum absolute atomic E-state index is 0.00808. The van der Waals surface area contributed by atoms with Gasteiger partial charge in [-0.25, -0.2) is 13.1 Å². The molecule has 0 aliphatic heterocycles. The van der Waals surface area contributed by atoms with E-state index in [4.69, 9.17) is 5.73 Å². The second kappa shape index (κ2) is 9.43. The van der Waals surface area contributed by atoms with Crippen molar-refractivity contribution >= 4 is 20.8 Å². The fourth-order valence-electron chi connectivity index (χ4n) is 3.88. The lowest BCUT2D eigenvalue weighted by molar-refractivity contribution is 0.504. The van der Waals surface area contributed by atoms with Crippen LogP contribution >= 0.6 is 0 Å². The van der Waals surface area contributed by atoms with Gasteiger partial charge in [0.15, 0.2) is 0 Å². The normalized spacial score (nSPS) is 13.7. The molecule has 0 radical (unpaired) electrons. The smallest absolute Gasteiger partial charge is 0.212 e. The van der Waals surface area contributed by atoms with Crippen molar-refractivity contribution in [1.82, 2.24) is 4.72 Å². The Morgan fingerprint density at radius 3 is 2.00 bits per heavy atom. The molecule has 158 valence electrons. The molecule has 0 spiro atoms. The average Bonchev–Trinajstić information content (AvgIpc) is 2.82. The standard InChI is InChI=1S/C26H26N2O2S/c27-25(22-11-3-1-4-12-22)26(23-13-5-2-6-14-23)28-31(29,30)19-18-21-16-9-15-20-10-7-8-17-24(20)21/h1-17,25-26,28H,18-19,27H2. The summed E-state index contributed by atoms with van der Waals surface area (Å²) in [6.07, 6.45) is 0.429. The first-order chi connectivity index (χ1) is 15.0. The number of hydrogen-bond donors (Lipinski definition) is 2. The largest absolute Gasteiger partial charge is 0.322 e. The summed E-state index contributed by atoms with van der Waals surface area (Å²) in [5.41, 5.74) is 9.28. The van der Waals surface area contributed by atoms with Gasteiger partial charge in [-0.2, -0.15) is 0 Å². The number of sulfonamides is 1. The molecular formula is C26H26N2O2S. The van der Waals surface area contributed by atoms with E-state index in [-0.39, 0.29) is 5.75 Å². The number of aryl methyl sites for hydroxylation is 1. The van der Waals surface area contributed by atoms with Gasteiger partial charge in [-0.15, -0.1) is 0 Å². The molecule has 0 fully saturated rings. The number of nitrogens with one attached hydrogen (secondary N) is 1. The molecule has 5 heteroatoms. The summed E-state index contributed by atoms with van der Waals surface area (Å²) in [6.45, 7) is 0. The molecule has 0 amide bonds. The van der Waals surface area contributed by atoms with Crippen LogP contribution in [-0.4, -0.2) is 14.2 Å². The summed E-state index contributed by atoms with van der Waals surface area (Å²) >= 11 is 0. The maximum atomic E-state index is 13.1. The molecule has 31 heavy (non-hydrogen) atoms. The van der Waals surface area contributed by atoms with Crippen LogP contribution in [-0.2, 0) is 16.4 Å². The first kappa shape index (κ1) is 21.2. The highest BCUT2D eigenvalue weighted by atomic mass is 32.2. The molecule has 0 aliphatic carbocycles. The molecule has 2 unspecified atom stereocenters. The Morgan fingerprint density at radius 2 is 1.29 bits per heavy atom. The zero-order valence-corrected chi connectivity index (χ0v) is 18.0. The van der Waals surface area contributed by atoms with Crippen LogP contribution in [0.15, 0.2) is 103 Å². The summed E-state index contributed by atoms with van der Waals surface area (Å²) in [6, 6.07) is 32.0. The van der Waals surface area contributed by atoms with Crippen molar-refractivity contribution < 1.29 is 8.42 Å². The summed E-state index contributed by atoms with van der Waals surface area (Å²) in [5.74, 6) is -0.00808. The molecule has 2 atom stereocenters. The number of fused-ring (bicyclic) bond motifs is 1. The minimum Gasteiger partial charge on any atom is -0.322 e. The van der Waals surface area contributed by atoms with E-state index < -0.39 is 22.1 Å². The van der Waals surface area contributed by atoms with Gasteiger partial charge in [0.2, 0.25) is 10.0 Å². The van der Waals surface area contributed by atoms with E-state index in [0.717, 1.165) is 27.5 Å². The molecule has 4 nitrogen and oxygen atoms in total. The van der Waals surface area contributed by atoms with E-state index in [1.54, 1.807) is 0 Å². The third-order valence-electron chi connectivity index (χ3n) is 5.53. The Bertz CT molecular complexity index is 1240. The lowest BCUT2D eigenvalue weighted by Crippen LogP contribution is -2.37. The Kier molecular flexibility index (Phi) is 6.47.